The van der Waals surface area contributed by atoms with Gasteiger partial charge in [-0.15, -0.1) is 11.3 Å². The lowest BCUT2D eigenvalue weighted by molar-refractivity contribution is 0.648. The summed E-state index contributed by atoms with van der Waals surface area (Å²) in [6.45, 7) is 0. The smallest absolute Gasteiger partial charge is 0.225 e. The van der Waals surface area contributed by atoms with Crippen molar-refractivity contribution in [2.45, 2.75) is 31.7 Å². The molecule has 0 amide bonds. The van der Waals surface area contributed by atoms with E-state index in [-0.39, 0.29) is 0 Å². The normalized spacial score (nSPS) is 16.3. The maximum absolute atomic E-state index is 4.65. The minimum Gasteiger partial charge on any atom is -0.357 e. The van der Waals surface area contributed by atoms with Crippen LogP contribution in [0.4, 0.5) is 11.8 Å². The number of aromatic nitrogens is 2. The van der Waals surface area contributed by atoms with Gasteiger partial charge in [0.1, 0.15) is 10.6 Å². The second-order valence-electron chi connectivity index (χ2n) is 4.81. The quantitative estimate of drug-likeness (QED) is 0.922. The molecule has 0 saturated heterocycles. The largest absolute Gasteiger partial charge is 0.357 e. The van der Waals surface area contributed by atoms with Gasteiger partial charge in [0.05, 0.1) is 5.39 Å². The van der Waals surface area contributed by atoms with E-state index < -0.39 is 0 Å². The lowest BCUT2D eigenvalue weighted by Gasteiger charge is -2.26. The first-order valence-corrected chi connectivity index (χ1v) is 7.33. The van der Waals surface area contributed by atoms with Crippen LogP contribution in [-0.2, 0) is 0 Å². The van der Waals surface area contributed by atoms with Gasteiger partial charge >= 0.3 is 0 Å². The second-order valence-corrected chi connectivity index (χ2v) is 5.70. The Morgan fingerprint density at radius 2 is 2.11 bits per heavy atom. The van der Waals surface area contributed by atoms with E-state index >= 15 is 0 Å². The van der Waals surface area contributed by atoms with Crippen LogP contribution >= 0.6 is 11.3 Å². The molecule has 4 nitrogen and oxygen atoms in total. The fraction of sp³-hybridized carbons (Fsp3) is 0.538. The van der Waals surface area contributed by atoms with Gasteiger partial charge in [0.25, 0.3) is 0 Å². The predicted molar refractivity (Wildman–Crippen MR) is 77.6 cm³/mol. The minimum atomic E-state index is 0.632. The summed E-state index contributed by atoms with van der Waals surface area (Å²) < 4.78 is 0. The molecular weight excluding hydrogens is 244 g/mol. The third-order valence-electron chi connectivity index (χ3n) is 3.74. The summed E-state index contributed by atoms with van der Waals surface area (Å²) in [5.41, 5.74) is 0. The first-order valence-electron chi connectivity index (χ1n) is 6.45. The number of nitrogens with zero attached hydrogens (tertiary/aromatic N) is 3. The molecule has 0 spiro atoms. The Balaban J connectivity index is 2.05. The van der Waals surface area contributed by atoms with Gasteiger partial charge in [-0.2, -0.15) is 4.98 Å². The Morgan fingerprint density at radius 1 is 1.33 bits per heavy atom. The highest BCUT2D eigenvalue weighted by molar-refractivity contribution is 7.16. The van der Waals surface area contributed by atoms with Crippen molar-refractivity contribution in [3.8, 4) is 0 Å². The van der Waals surface area contributed by atoms with Crippen LogP contribution in [0.15, 0.2) is 11.4 Å². The minimum absolute atomic E-state index is 0.632. The Hall–Kier alpha value is -1.36. The van der Waals surface area contributed by atoms with Gasteiger partial charge in [-0.1, -0.05) is 12.8 Å². The molecule has 1 N–H and O–H groups in total. The van der Waals surface area contributed by atoms with E-state index in [1.807, 2.05) is 7.05 Å². The van der Waals surface area contributed by atoms with Gasteiger partial charge in [-0.3, -0.25) is 0 Å². The van der Waals surface area contributed by atoms with E-state index in [0.717, 1.165) is 10.6 Å². The molecule has 5 heteroatoms. The summed E-state index contributed by atoms with van der Waals surface area (Å²) in [6, 6.07) is 2.76. The molecule has 2 aromatic rings. The summed E-state index contributed by atoms with van der Waals surface area (Å²) in [6.07, 6.45) is 5.24. The monoisotopic (exact) mass is 262 g/mol. The van der Waals surface area contributed by atoms with Crippen LogP contribution in [0.3, 0.4) is 0 Å². The van der Waals surface area contributed by atoms with Crippen LogP contribution < -0.4 is 10.2 Å². The zero-order chi connectivity index (χ0) is 12.5. The molecule has 0 aliphatic heterocycles. The van der Waals surface area contributed by atoms with Crippen LogP contribution in [0, 0.1) is 0 Å². The number of rotatable bonds is 3. The Kier molecular flexibility index (Phi) is 3.07. The molecule has 1 fully saturated rings. The Bertz CT molecular complexity index is 545. The molecular formula is C13H18N4S. The molecule has 2 aromatic heterocycles. The SMILES string of the molecule is CNc1nc(N(C)C2CCCC2)c2ccsc2n1. The Labute approximate surface area is 111 Å². The molecule has 1 aliphatic rings. The number of hydrogen-bond acceptors (Lipinski definition) is 5. The average molecular weight is 262 g/mol. The first-order chi connectivity index (χ1) is 8.79. The zero-order valence-electron chi connectivity index (χ0n) is 10.8. The van der Waals surface area contributed by atoms with Gasteiger partial charge in [0.2, 0.25) is 5.95 Å². The standard InChI is InChI=1S/C13H18N4S/c1-14-13-15-11(10-7-8-18-12(10)16-13)17(2)9-5-3-4-6-9/h7-9H,3-6H2,1-2H3,(H,14,15,16). The van der Waals surface area contributed by atoms with Crippen molar-refractivity contribution in [1.82, 2.24) is 9.97 Å². The van der Waals surface area contributed by atoms with Gasteiger partial charge in [-0.05, 0) is 24.3 Å². The van der Waals surface area contributed by atoms with Crippen molar-refractivity contribution in [3.63, 3.8) is 0 Å². The molecule has 1 aliphatic carbocycles. The van der Waals surface area contributed by atoms with Crippen molar-refractivity contribution in [2.75, 3.05) is 24.3 Å². The topological polar surface area (TPSA) is 41.1 Å². The predicted octanol–water partition coefficient (Wildman–Crippen LogP) is 3.11. The lowest BCUT2D eigenvalue weighted by Crippen LogP contribution is -2.29. The number of hydrogen-bond donors (Lipinski definition) is 1. The first kappa shape index (κ1) is 11.7. The highest BCUT2D eigenvalue weighted by Gasteiger charge is 2.23. The fourth-order valence-corrected chi connectivity index (χ4v) is 3.44. The molecule has 0 bridgehead atoms. The van der Waals surface area contributed by atoms with E-state index in [9.17, 15) is 0 Å². The molecule has 0 atom stereocenters. The number of anilines is 2. The summed E-state index contributed by atoms with van der Waals surface area (Å²) in [5, 5.41) is 6.32. The lowest BCUT2D eigenvalue weighted by atomic mass is 10.2. The van der Waals surface area contributed by atoms with E-state index in [4.69, 9.17) is 0 Å². The second kappa shape index (κ2) is 4.72. The third kappa shape index (κ3) is 1.92. The van der Waals surface area contributed by atoms with Gasteiger partial charge in [0.15, 0.2) is 0 Å². The van der Waals surface area contributed by atoms with E-state index in [1.165, 1.54) is 31.1 Å². The van der Waals surface area contributed by atoms with E-state index in [1.54, 1.807) is 11.3 Å². The molecule has 2 heterocycles. The third-order valence-corrected chi connectivity index (χ3v) is 4.54. The molecule has 18 heavy (non-hydrogen) atoms. The number of fused-ring (bicyclic) bond motifs is 1. The van der Waals surface area contributed by atoms with Crippen LogP contribution in [0.5, 0.6) is 0 Å². The highest BCUT2D eigenvalue weighted by Crippen LogP contribution is 2.32. The fourth-order valence-electron chi connectivity index (χ4n) is 2.68. The molecule has 1 saturated carbocycles. The van der Waals surface area contributed by atoms with Crippen LogP contribution in [0.2, 0.25) is 0 Å². The average Bonchev–Trinajstić information content (AvgIpc) is 3.07. The maximum atomic E-state index is 4.65. The van der Waals surface area contributed by atoms with E-state index in [2.05, 4.69) is 38.7 Å². The van der Waals surface area contributed by atoms with Gasteiger partial charge < -0.3 is 10.2 Å². The van der Waals surface area contributed by atoms with Crippen LogP contribution in [0.25, 0.3) is 10.2 Å². The molecule has 0 unspecified atom stereocenters. The van der Waals surface area contributed by atoms with Gasteiger partial charge in [-0.25, -0.2) is 4.98 Å². The zero-order valence-corrected chi connectivity index (χ0v) is 11.6. The van der Waals surface area contributed by atoms with Crippen molar-refractivity contribution in [1.29, 1.82) is 0 Å². The van der Waals surface area contributed by atoms with Crippen LogP contribution in [0.1, 0.15) is 25.7 Å². The summed E-state index contributed by atoms with van der Waals surface area (Å²) in [5.74, 6) is 1.78. The summed E-state index contributed by atoms with van der Waals surface area (Å²) in [7, 11) is 4.03. The van der Waals surface area contributed by atoms with Crippen molar-refractivity contribution >= 4 is 33.3 Å². The van der Waals surface area contributed by atoms with Crippen molar-refractivity contribution in [2.24, 2.45) is 0 Å². The number of nitrogens with one attached hydrogen (secondary N) is 1. The van der Waals surface area contributed by atoms with Crippen molar-refractivity contribution < 1.29 is 0 Å². The molecule has 0 aromatic carbocycles. The summed E-state index contributed by atoms with van der Waals surface area (Å²) >= 11 is 1.67. The van der Waals surface area contributed by atoms with Crippen molar-refractivity contribution in [3.05, 3.63) is 11.4 Å². The Morgan fingerprint density at radius 3 is 2.83 bits per heavy atom. The van der Waals surface area contributed by atoms with Crippen LogP contribution in [-0.4, -0.2) is 30.1 Å². The maximum Gasteiger partial charge on any atom is 0.225 e. The number of thiophene rings is 1. The molecule has 96 valence electrons. The molecule has 0 radical (unpaired) electrons. The van der Waals surface area contributed by atoms with Gasteiger partial charge in [0, 0.05) is 20.1 Å². The molecule has 3 rings (SSSR count). The van der Waals surface area contributed by atoms with E-state index in [0.29, 0.717) is 12.0 Å². The summed E-state index contributed by atoms with van der Waals surface area (Å²) in [4.78, 5) is 12.5. The highest BCUT2D eigenvalue weighted by atomic mass is 32.1.